The van der Waals surface area contributed by atoms with Crippen molar-refractivity contribution in [1.29, 1.82) is 0 Å². The second-order valence-corrected chi connectivity index (χ2v) is 3.43. The maximum atomic E-state index is 4.52. The third-order valence-electron chi connectivity index (χ3n) is 2.47. The maximum Gasteiger partial charge on any atom is 0.155 e. The normalized spacial score (nSPS) is 14.7. The number of hydrogen-bond donors (Lipinski definition) is 0. The number of fused-ring (bicyclic) bond motifs is 1. The van der Waals surface area contributed by atoms with Crippen LogP contribution in [0.2, 0.25) is 0 Å². The summed E-state index contributed by atoms with van der Waals surface area (Å²) in [5, 5.41) is 0. The van der Waals surface area contributed by atoms with E-state index in [4.69, 9.17) is 0 Å². The van der Waals surface area contributed by atoms with Crippen molar-refractivity contribution in [2.24, 2.45) is 4.99 Å². The number of imidazole rings is 1. The molecular formula is C12H21N3. The molecule has 0 bridgehead atoms. The van der Waals surface area contributed by atoms with E-state index < -0.39 is 0 Å². The third-order valence-corrected chi connectivity index (χ3v) is 2.47. The van der Waals surface area contributed by atoms with Crippen LogP contribution in [0.25, 0.3) is 0 Å². The SMILES string of the molecule is CC.CC=Nc1c(C)nc2n1CCCC2. The largest absolute Gasteiger partial charge is 0.313 e. The molecule has 0 spiro atoms. The summed E-state index contributed by atoms with van der Waals surface area (Å²) >= 11 is 0. The molecule has 0 unspecified atom stereocenters. The third kappa shape index (κ3) is 2.46. The lowest BCUT2D eigenvalue weighted by molar-refractivity contribution is 0.525. The molecule has 0 saturated heterocycles. The van der Waals surface area contributed by atoms with E-state index in [1.165, 1.54) is 18.7 Å². The molecule has 15 heavy (non-hydrogen) atoms. The second-order valence-electron chi connectivity index (χ2n) is 3.43. The van der Waals surface area contributed by atoms with E-state index in [1.54, 1.807) is 0 Å². The van der Waals surface area contributed by atoms with Crippen molar-refractivity contribution >= 4 is 12.0 Å². The number of aromatic nitrogens is 2. The van der Waals surface area contributed by atoms with Gasteiger partial charge in [-0.05, 0) is 26.7 Å². The Hall–Kier alpha value is -1.12. The highest BCUT2D eigenvalue weighted by molar-refractivity contribution is 5.60. The van der Waals surface area contributed by atoms with Gasteiger partial charge in [0.1, 0.15) is 5.82 Å². The number of rotatable bonds is 1. The molecule has 1 aliphatic rings. The summed E-state index contributed by atoms with van der Waals surface area (Å²) in [6, 6.07) is 0. The molecule has 3 heteroatoms. The van der Waals surface area contributed by atoms with Gasteiger partial charge < -0.3 is 4.57 Å². The summed E-state index contributed by atoms with van der Waals surface area (Å²) in [4.78, 5) is 8.87. The zero-order valence-electron chi connectivity index (χ0n) is 10.2. The second kappa shape index (κ2) is 5.69. The average molecular weight is 207 g/mol. The molecule has 0 N–H and O–H groups in total. The van der Waals surface area contributed by atoms with Crippen molar-refractivity contribution in [2.45, 2.75) is 53.5 Å². The Morgan fingerprint density at radius 2 is 2.07 bits per heavy atom. The first-order valence-electron chi connectivity index (χ1n) is 5.87. The molecule has 1 aliphatic heterocycles. The van der Waals surface area contributed by atoms with Crippen LogP contribution in [0.4, 0.5) is 5.82 Å². The van der Waals surface area contributed by atoms with E-state index in [2.05, 4.69) is 14.5 Å². The molecule has 0 aliphatic carbocycles. The van der Waals surface area contributed by atoms with Gasteiger partial charge in [-0.15, -0.1) is 0 Å². The van der Waals surface area contributed by atoms with E-state index in [0.29, 0.717) is 0 Å². The van der Waals surface area contributed by atoms with Crippen LogP contribution in [0, 0.1) is 6.92 Å². The van der Waals surface area contributed by atoms with Crippen LogP contribution in [0.1, 0.15) is 45.1 Å². The lowest BCUT2D eigenvalue weighted by atomic mass is 10.2. The summed E-state index contributed by atoms with van der Waals surface area (Å²) < 4.78 is 2.25. The molecule has 3 nitrogen and oxygen atoms in total. The lowest BCUT2D eigenvalue weighted by Crippen LogP contribution is -2.09. The van der Waals surface area contributed by atoms with Gasteiger partial charge in [0.05, 0.1) is 5.69 Å². The highest BCUT2D eigenvalue weighted by Gasteiger charge is 2.15. The van der Waals surface area contributed by atoms with Gasteiger partial charge in [0, 0.05) is 19.2 Å². The Bertz CT molecular complexity index is 337. The van der Waals surface area contributed by atoms with Crippen molar-refractivity contribution in [3.05, 3.63) is 11.5 Å². The van der Waals surface area contributed by atoms with Gasteiger partial charge in [0.15, 0.2) is 5.82 Å². The topological polar surface area (TPSA) is 30.2 Å². The summed E-state index contributed by atoms with van der Waals surface area (Å²) in [7, 11) is 0. The van der Waals surface area contributed by atoms with Crippen molar-refractivity contribution in [2.75, 3.05) is 0 Å². The molecule has 0 radical (unpaired) electrons. The fraction of sp³-hybridized carbons (Fsp3) is 0.667. The van der Waals surface area contributed by atoms with Crippen LogP contribution in [0.3, 0.4) is 0 Å². The summed E-state index contributed by atoms with van der Waals surface area (Å²) in [5.41, 5.74) is 1.06. The predicted octanol–water partition coefficient (Wildman–Crippen LogP) is 3.28. The van der Waals surface area contributed by atoms with Crippen LogP contribution in [-0.2, 0) is 13.0 Å². The minimum absolute atomic E-state index is 1.05. The van der Waals surface area contributed by atoms with Gasteiger partial charge in [-0.3, -0.25) is 0 Å². The summed E-state index contributed by atoms with van der Waals surface area (Å²) in [5.74, 6) is 2.27. The maximum absolute atomic E-state index is 4.52. The molecule has 2 rings (SSSR count). The van der Waals surface area contributed by atoms with E-state index in [1.807, 2.05) is 33.9 Å². The zero-order chi connectivity index (χ0) is 11.3. The monoisotopic (exact) mass is 207 g/mol. The Kier molecular flexibility index (Phi) is 4.53. The van der Waals surface area contributed by atoms with E-state index in [0.717, 1.165) is 24.5 Å². The molecule has 0 aromatic carbocycles. The fourth-order valence-electron chi connectivity index (χ4n) is 1.89. The minimum Gasteiger partial charge on any atom is -0.313 e. The Morgan fingerprint density at radius 1 is 1.33 bits per heavy atom. The van der Waals surface area contributed by atoms with E-state index in [-0.39, 0.29) is 0 Å². The molecular weight excluding hydrogens is 186 g/mol. The van der Waals surface area contributed by atoms with Gasteiger partial charge in [0.25, 0.3) is 0 Å². The molecule has 2 heterocycles. The van der Waals surface area contributed by atoms with Crippen molar-refractivity contribution in [3.63, 3.8) is 0 Å². The Morgan fingerprint density at radius 3 is 2.73 bits per heavy atom. The molecule has 0 fully saturated rings. The van der Waals surface area contributed by atoms with Crippen LogP contribution in [0.15, 0.2) is 4.99 Å². The van der Waals surface area contributed by atoms with Gasteiger partial charge in [-0.25, -0.2) is 9.98 Å². The van der Waals surface area contributed by atoms with E-state index in [9.17, 15) is 0 Å². The number of aliphatic imine (C=N–C) groups is 1. The molecule has 1 aromatic rings. The molecule has 1 aromatic heterocycles. The van der Waals surface area contributed by atoms with Gasteiger partial charge in [0.2, 0.25) is 0 Å². The fourth-order valence-corrected chi connectivity index (χ4v) is 1.89. The van der Waals surface area contributed by atoms with Crippen LogP contribution >= 0.6 is 0 Å². The van der Waals surface area contributed by atoms with Crippen LogP contribution < -0.4 is 0 Å². The minimum atomic E-state index is 1.05. The molecule has 0 atom stereocenters. The number of nitrogens with zero attached hydrogens (tertiary/aromatic N) is 3. The number of hydrogen-bond acceptors (Lipinski definition) is 2. The van der Waals surface area contributed by atoms with Gasteiger partial charge in [-0.1, -0.05) is 13.8 Å². The van der Waals surface area contributed by atoms with E-state index >= 15 is 0 Å². The summed E-state index contributed by atoms with van der Waals surface area (Å²) in [6.07, 6.45) is 5.48. The highest BCUT2D eigenvalue weighted by atomic mass is 15.2. The summed E-state index contributed by atoms with van der Waals surface area (Å²) in [6.45, 7) is 9.07. The molecule has 0 amide bonds. The average Bonchev–Trinajstić information content (AvgIpc) is 2.59. The Labute approximate surface area is 92.2 Å². The van der Waals surface area contributed by atoms with Gasteiger partial charge >= 0.3 is 0 Å². The van der Waals surface area contributed by atoms with Crippen molar-refractivity contribution < 1.29 is 0 Å². The van der Waals surface area contributed by atoms with Crippen molar-refractivity contribution in [1.82, 2.24) is 9.55 Å². The number of aryl methyl sites for hydroxylation is 2. The predicted molar refractivity (Wildman–Crippen MR) is 65.1 cm³/mol. The first-order chi connectivity index (χ1) is 7.33. The van der Waals surface area contributed by atoms with Crippen LogP contribution in [-0.4, -0.2) is 15.8 Å². The first kappa shape index (κ1) is 12.0. The Balaban J connectivity index is 0.000000531. The smallest absolute Gasteiger partial charge is 0.155 e. The highest BCUT2D eigenvalue weighted by Crippen LogP contribution is 2.25. The van der Waals surface area contributed by atoms with Gasteiger partial charge in [-0.2, -0.15) is 0 Å². The lowest BCUT2D eigenvalue weighted by Gasteiger charge is -2.14. The zero-order valence-corrected chi connectivity index (χ0v) is 10.2. The quantitative estimate of drug-likeness (QED) is 0.650. The van der Waals surface area contributed by atoms with Crippen molar-refractivity contribution in [3.8, 4) is 0 Å². The standard InChI is InChI=1S/C10H15N3.C2H6/c1-3-11-10-8(2)12-9-6-4-5-7-13(9)10;1-2/h3H,4-7H2,1-2H3;1-2H3. The molecule has 0 saturated carbocycles. The molecule has 84 valence electrons. The van der Waals surface area contributed by atoms with Crippen LogP contribution in [0.5, 0.6) is 0 Å². The first-order valence-corrected chi connectivity index (χ1v) is 5.87.